The molecule has 2 rings (SSSR count). The molecule has 0 unspecified atom stereocenters. The summed E-state index contributed by atoms with van der Waals surface area (Å²) in [4.78, 5) is 18.1. The highest BCUT2D eigenvalue weighted by Gasteiger charge is 2.12. The largest absolute Gasteiger partial charge is 0.363 e. The fourth-order valence-electron chi connectivity index (χ4n) is 1.91. The normalized spacial score (nSPS) is 11.1. The van der Waals surface area contributed by atoms with E-state index >= 15 is 0 Å². The Morgan fingerprint density at radius 2 is 2.00 bits per heavy atom. The highest BCUT2D eigenvalue weighted by molar-refractivity contribution is 7.89. The average molecular weight is 334 g/mol. The maximum Gasteiger partial charge on any atom is 0.251 e. The number of carbonyl (C=O) groups is 1. The summed E-state index contributed by atoms with van der Waals surface area (Å²) in [5, 5.41) is 7.80. The zero-order valence-electron chi connectivity index (χ0n) is 12.9. The number of rotatable bonds is 5. The molecule has 0 saturated heterocycles. The number of anilines is 1. The molecule has 0 atom stereocenters. The molecule has 122 valence electrons. The predicted molar refractivity (Wildman–Crippen MR) is 87.5 cm³/mol. The van der Waals surface area contributed by atoms with Crippen molar-refractivity contribution in [3.05, 3.63) is 53.7 Å². The van der Waals surface area contributed by atoms with Crippen LogP contribution in [0, 0.1) is 0 Å². The van der Waals surface area contributed by atoms with Crippen molar-refractivity contribution < 1.29 is 13.2 Å². The van der Waals surface area contributed by atoms with Crippen LogP contribution in [0.1, 0.15) is 15.9 Å². The van der Waals surface area contributed by atoms with Gasteiger partial charge in [-0.05, 0) is 35.9 Å². The number of aromatic nitrogens is 1. The first-order valence-corrected chi connectivity index (χ1v) is 8.35. The van der Waals surface area contributed by atoms with E-state index < -0.39 is 10.0 Å². The van der Waals surface area contributed by atoms with Gasteiger partial charge < -0.3 is 10.2 Å². The third-order valence-corrected chi connectivity index (χ3v) is 4.06. The molecule has 0 saturated carbocycles. The molecule has 8 heteroatoms. The molecular formula is C15H18N4O3S. The summed E-state index contributed by atoms with van der Waals surface area (Å²) in [5.74, 6) is 0.409. The summed E-state index contributed by atoms with van der Waals surface area (Å²) in [7, 11) is -0.0780. The number of hydrogen-bond donors (Lipinski definition) is 2. The van der Waals surface area contributed by atoms with Crippen molar-refractivity contribution in [2.75, 3.05) is 19.0 Å². The van der Waals surface area contributed by atoms with Crippen molar-refractivity contribution in [1.29, 1.82) is 0 Å². The minimum atomic E-state index is -3.83. The van der Waals surface area contributed by atoms with Gasteiger partial charge >= 0.3 is 0 Å². The van der Waals surface area contributed by atoms with Crippen LogP contribution in [-0.2, 0) is 16.6 Å². The van der Waals surface area contributed by atoms with Gasteiger partial charge in [0.2, 0.25) is 10.0 Å². The molecule has 1 aromatic heterocycles. The van der Waals surface area contributed by atoms with Crippen molar-refractivity contribution in [1.82, 2.24) is 10.3 Å². The zero-order chi connectivity index (χ0) is 17.0. The van der Waals surface area contributed by atoms with E-state index in [1.54, 1.807) is 12.3 Å². The molecule has 0 aliphatic carbocycles. The molecule has 0 bridgehead atoms. The molecular weight excluding hydrogens is 316 g/mol. The Bertz CT molecular complexity index is 819. The van der Waals surface area contributed by atoms with E-state index in [0.717, 1.165) is 11.4 Å². The number of pyridine rings is 1. The predicted octanol–water partition coefficient (Wildman–Crippen LogP) is 0.725. The number of nitrogens with two attached hydrogens (primary N) is 1. The number of amides is 1. The molecule has 1 heterocycles. The van der Waals surface area contributed by atoms with Gasteiger partial charge in [-0.3, -0.25) is 4.79 Å². The first-order chi connectivity index (χ1) is 10.8. The second kappa shape index (κ2) is 6.76. The molecule has 0 aliphatic rings. The van der Waals surface area contributed by atoms with Gasteiger partial charge in [0, 0.05) is 32.4 Å². The van der Waals surface area contributed by atoms with Gasteiger partial charge in [0.15, 0.2) is 0 Å². The van der Waals surface area contributed by atoms with Crippen LogP contribution in [-0.4, -0.2) is 33.4 Å². The van der Waals surface area contributed by atoms with E-state index in [-0.39, 0.29) is 16.4 Å². The van der Waals surface area contributed by atoms with Crippen LogP contribution in [0.3, 0.4) is 0 Å². The first-order valence-electron chi connectivity index (χ1n) is 6.80. The Labute approximate surface area is 135 Å². The summed E-state index contributed by atoms with van der Waals surface area (Å²) in [6.45, 7) is 0.307. The average Bonchev–Trinajstić information content (AvgIpc) is 2.52. The SMILES string of the molecule is CN(C)c1cc(CNC(=O)c2cccc(S(N)(=O)=O)c2)ccn1. The third kappa shape index (κ3) is 4.51. The minimum absolute atomic E-state index is 0.0936. The molecule has 23 heavy (non-hydrogen) atoms. The van der Waals surface area contributed by atoms with Crippen LogP contribution < -0.4 is 15.4 Å². The zero-order valence-corrected chi connectivity index (χ0v) is 13.7. The lowest BCUT2D eigenvalue weighted by Crippen LogP contribution is -2.23. The Balaban J connectivity index is 2.10. The maximum atomic E-state index is 12.1. The number of hydrogen-bond acceptors (Lipinski definition) is 5. The summed E-state index contributed by atoms with van der Waals surface area (Å²) in [6.07, 6.45) is 1.67. The van der Waals surface area contributed by atoms with Gasteiger partial charge in [0.25, 0.3) is 5.91 Å². The van der Waals surface area contributed by atoms with Crippen LogP contribution in [0.5, 0.6) is 0 Å². The number of carbonyl (C=O) groups excluding carboxylic acids is 1. The fourth-order valence-corrected chi connectivity index (χ4v) is 2.47. The highest BCUT2D eigenvalue weighted by atomic mass is 32.2. The minimum Gasteiger partial charge on any atom is -0.363 e. The first kappa shape index (κ1) is 16.9. The van der Waals surface area contributed by atoms with Gasteiger partial charge in [-0.25, -0.2) is 18.5 Å². The highest BCUT2D eigenvalue weighted by Crippen LogP contribution is 2.11. The Kier molecular flexibility index (Phi) is 4.97. The number of nitrogens with one attached hydrogen (secondary N) is 1. The van der Waals surface area contributed by atoms with Gasteiger partial charge in [-0.15, -0.1) is 0 Å². The molecule has 0 aliphatic heterocycles. The lowest BCUT2D eigenvalue weighted by atomic mass is 10.2. The smallest absolute Gasteiger partial charge is 0.251 e. The van der Waals surface area contributed by atoms with E-state index in [1.807, 2.05) is 25.1 Å². The van der Waals surface area contributed by atoms with Gasteiger partial charge in [-0.2, -0.15) is 0 Å². The lowest BCUT2D eigenvalue weighted by molar-refractivity contribution is 0.0950. The Hall–Kier alpha value is -2.45. The molecule has 0 fully saturated rings. The maximum absolute atomic E-state index is 12.1. The van der Waals surface area contributed by atoms with E-state index in [9.17, 15) is 13.2 Å². The third-order valence-electron chi connectivity index (χ3n) is 3.15. The second-order valence-electron chi connectivity index (χ2n) is 5.17. The number of sulfonamides is 1. The molecule has 1 amide bonds. The molecule has 0 radical (unpaired) electrons. The molecule has 2 aromatic rings. The number of primary sulfonamides is 1. The van der Waals surface area contributed by atoms with Crippen LogP contribution in [0.15, 0.2) is 47.5 Å². The summed E-state index contributed by atoms with van der Waals surface area (Å²) >= 11 is 0. The van der Waals surface area contributed by atoms with Crippen molar-refractivity contribution in [3.63, 3.8) is 0 Å². The molecule has 1 aromatic carbocycles. The van der Waals surface area contributed by atoms with Gasteiger partial charge in [-0.1, -0.05) is 6.07 Å². The quantitative estimate of drug-likeness (QED) is 0.838. The second-order valence-corrected chi connectivity index (χ2v) is 6.73. The standard InChI is InChI=1S/C15H18N4O3S/c1-19(2)14-8-11(6-7-17-14)10-18-15(20)12-4-3-5-13(9-12)23(16,21)22/h3-9H,10H2,1-2H3,(H,18,20)(H2,16,21,22). The monoisotopic (exact) mass is 334 g/mol. The number of nitrogens with zero attached hydrogens (tertiary/aromatic N) is 2. The lowest BCUT2D eigenvalue weighted by Gasteiger charge is -2.12. The summed E-state index contributed by atoms with van der Waals surface area (Å²) in [5.41, 5.74) is 1.12. The van der Waals surface area contributed by atoms with E-state index in [1.165, 1.54) is 24.3 Å². The molecule has 0 spiro atoms. The topological polar surface area (TPSA) is 105 Å². The summed E-state index contributed by atoms with van der Waals surface area (Å²) < 4.78 is 22.6. The molecule has 3 N–H and O–H groups in total. The van der Waals surface area contributed by atoms with Crippen molar-refractivity contribution in [3.8, 4) is 0 Å². The Morgan fingerprint density at radius 3 is 2.65 bits per heavy atom. The van der Waals surface area contributed by atoms with E-state index in [2.05, 4.69) is 10.3 Å². The van der Waals surface area contributed by atoms with Crippen molar-refractivity contribution in [2.45, 2.75) is 11.4 Å². The van der Waals surface area contributed by atoms with Crippen LogP contribution in [0.4, 0.5) is 5.82 Å². The van der Waals surface area contributed by atoms with E-state index in [0.29, 0.717) is 6.54 Å². The summed E-state index contributed by atoms with van der Waals surface area (Å²) in [6, 6.07) is 9.27. The number of benzene rings is 1. The van der Waals surface area contributed by atoms with Crippen molar-refractivity contribution >= 4 is 21.7 Å². The van der Waals surface area contributed by atoms with E-state index in [4.69, 9.17) is 5.14 Å². The van der Waals surface area contributed by atoms with Crippen LogP contribution in [0.2, 0.25) is 0 Å². The van der Waals surface area contributed by atoms with Crippen LogP contribution >= 0.6 is 0 Å². The molecule has 7 nitrogen and oxygen atoms in total. The fraction of sp³-hybridized carbons (Fsp3) is 0.200. The van der Waals surface area contributed by atoms with Gasteiger partial charge in [0.05, 0.1) is 4.90 Å². The Morgan fingerprint density at radius 1 is 1.26 bits per heavy atom. The van der Waals surface area contributed by atoms with Crippen molar-refractivity contribution in [2.24, 2.45) is 5.14 Å². The van der Waals surface area contributed by atoms with Crippen LogP contribution in [0.25, 0.3) is 0 Å². The van der Waals surface area contributed by atoms with Gasteiger partial charge in [0.1, 0.15) is 5.82 Å².